The minimum Gasteiger partial charge on any atom is -0.480 e. The van der Waals surface area contributed by atoms with Crippen LogP contribution in [-0.4, -0.2) is 29.4 Å². The average Bonchev–Trinajstić information content (AvgIpc) is 2.35. The van der Waals surface area contributed by atoms with Crippen LogP contribution in [0.3, 0.4) is 0 Å². The topological polar surface area (TPSA) is 49.3 Å². The number of aliphatic carboxylic acids is 1. The van der Waals surface area contributed by atoms with E-state index in [1.807, 2.05) is 31.2 Å². The molecule has 0 aromatic heterocycles. The zero-order valence-corrected chi connectivity index (χ0v) is 11.9. The van der Waals surface area contributed by atoms with Gasteiger partial charge in [0.05, 0.1) is 0 Å². The zero-order valence-electron chi connectivity index (χ0n) is 10.4. The van der Waals surface area contributed by atoms with E-state index in [2.05, 4.69) is 5.32 Å². The van der Waals surface area contributed by atoms with Crippen molar-refractivity contribution in [3.8, 4) is 0 Å². The minimum absolute atomic E-state index is 0.470. The van der Waals surface area contributed by atoms with Gasteiger partial charge in [-0.05, 0) is 30.7 Å². The maximum absolute atomic E-state index is 11.0. The summed E-state index contributed by atoms with van der Waals surface area (Å²) in [5.74, 6) is 0.583. The zero-order chi connectivity index (χ0) is 13.4. The molecule has 1 atom stereocenters. The number of thioether (sulfide) groups is 1. The molecule has 0 heterocycles. The standard InChI is InChI=1S/C13H18ClNO2S/c1-2-7-15-12(13(16)17)9-18-8-10-3-5-11(14)6-4-10/h3-6,12,15H,2,7-9H2,1H3,(H,16,17). The van der Waals surface area contributed by atoms with Gasteiger partial charge in [0.25, 0.3) is 0 Å². The first-order valence-electron chi connectivity index (χ1n) is 5.92. The second-order valence-electron chi connectivity index (χ2n) is 3.99. The van der Waals surface area contributed by atoms with Gasteiger partial charge in [-0.3, -0.25) is 4.79 Å². The second-order valence-corrected chi connectivity index (χ2v) is 5.45. The van der Waals surface area contributed by atoms with Crippen LogP contribution in [0.5, 0.6) is 0 Å². The second kappa shape index (κ2) is 8.40. The monoisotopic (exact) mass is 287 g/mol. The number of hydrogen-bond acceptors (Lipinski definition) is 3. The van der Waals surface area contributed by atoms with Crippen LogP contribution in [0.2, 0.25) is 5.02 Å². The first kappa shape index (κ1) is 15.3. The van der Waals surface area contributed by atoms with E-state index in [0.717, 1.165) is 29.3 Å². The van der Waals surface area contributed by atoms with Crippen molar-refractivity contribution in [2.24, 2.45) is 0 Å². The fourth-order valence-electron chi connectivity index (χ4n) is 1.41. The predicted molar refractivity (Wildman–Crippen MR) is 77.3 cm³/mol. The van der Waals surface area contributed by atoms with E-state index in [-0.39, 0.29) is 0 Å². The molecule has 18 heavy (non-hydrogen) atoms. The lowest BCUT2D eigenvalue weighted by Gasteiger charge is -2.13. The number of carboxylic acid groups (broad SMARTS) is 1. The number of rotatable bonds is 8. The Bertz CT molecular complexity index is 370. The van der Waals surface area contributed by atoms with Gasteiger partial charge in [0, 0.05) is 16.5 Å². The van der Waals surface area contributed by atoms with Crippen molar-refractivity contribution >= 4 is 29.3 Å². The van der Waals surface area contributed by atoms with Gasteiger partial charge in [-0.1, -0.05) is 30.7 Å². The summed E-state index contributed by atoms with van der Waals surface area (Å²) < 4.78 is 0. The van der Waals surface area contributed by atoms with Crippen molar-refractivity contribution in [1.82, 2.24) is 5.32 Å². The number of carbonyl (C=O) groups is 1. The molecule has 5 heteroatoms. The molecule has 0 spiro atoms. The number of hydrogen-bond donors (Lipinski definition) is 2. The smallest absolute Gasteiger partial charge is 0.321 e. The van der Waals surface area contributed by atoms with Crippen molar-refractivity contribution in [2.75, 3.05) is 12.3 Å². The highest BCUT2D eigenvalue weighted by atomic mass is 35.5. The summed E-state index contributed by atoms with van der Waals surface area (Å²) in [7, 11) is 0. The third-order valence-corrected chi connectivity index (χ3v) is 3.76. The molecule has 0 aliphatic rings. The fraction of sp³-hybridized carbons (Fsp3) is 0.462. The van der Waals surface area contributed by atoms with Gasteiger partial charge in [-0.15, -0.1) is 0 Å². The summed E-state index contributed by atoms with van der Waals surface area (Å²) in [5, 5.41) is 12.8. The van der Waals surface area contributed by atoms with E-state index < -0.39 is 12.0 Å². The SMILES string of the molecule is CCCNC(CSCc1ccc(Cl)cc1)C(=O)O. The van der Waals surface area contributed by atoms with Gasteiger partial charge in [0.1, 0.15) is 6.04 Å². The van der Waals surface area contributed by atoms with E-state index in [9.17, 15) is 4.79 Å². The van der Waals surface area contributed by atoms with Crippen LogP contribution < -0.4 is 5.32 Å². The quantitative estimate of drug-likeness (QED) is 0.772. The van der Waals surface area contributed by atoms with Crippen molar-refractivity contribution in [3.63, 3.8) is 0 Å². The van der Waals surface area contributed by atoms with Crippen LogP contribution in [0.15, 0.2) is 24.3 Å². The van der Waals surface area contributed by atoms with Crippen molar-refractivity contribution in [2.45, 2.75) is 25.1 Å². The molecule has 0 saturated carbocycles. The molecule has 1 aromatic rings. The highest BCUT2D eigenvalue weighted by Crippen LogP contribution is 2.16. The van der Waals surface area contributed by atoms with Crippen LogP contribution in [0.25, 0.3) is 0 Å². The Morgan fingerprint density at radius 3 is 2.67 bits per heavy atom. The average molecular weight is 288 g/mol. The Morgan fingerprint density at radius 1 is 1.44 bits per heavy atom. The maximum Gasteiger partial charge on any atom is 0.321 e. The number of nitrogens with one attached hydrogen (secondary N) is 1. The van der Waals surface area contributed by atoms with Crippen LogP contribution in [0, 0.1) is 0 Å². The van der Waals surface area contributed by atoms with Gasteiger partial charge in [0.2, 0.25) is 0 Å². The summed E-state index contributed by atoms with van der Waals surface area (Å²) in [6.07, 6.45) is 0.936. The first-order chi connectivity index (χ1) is 8.63. The van der Waals surface area contributed by atoms with Gasteiger partial charge >= 0.3 is 5.97 Å². The number of benzene rings is 1. The van der Waals surface area contributed by atoms with Crippen LogP contribution >= 0.6 is 23.4 Å². The molecular formula is C13H18ClNO2S. The van der Waals surface area contributed by atoms with Crippen LogP contribution in [0.1, 0.15) is 18.9 Å². The largest absolute Gasteiger partial charge is 0.480 e. The molecule has 2 N–H and O–H groups in total. The summed E-state index contributed by atoms with van der Waals surface area (Å²) in [6.45, 7) is 2.76. The predicted octanol–water partition coefficient (Wildman–Crippen LogP) is 3.03. The molecule has 100 valence electrons. The van der Waals surface area contributed by atoms with Gasteiger partial charge in [-0.2, -0.15) is 11.8 Å². The molecule has 3 nitrogen and oxygen atoms in total. The minimum atomic E-state index is -0.785. The van der Waals surface area contributed by atoms with E-state index in [0.29, 0.717) is 5.75 Å². The molecule has 0 radical (unpaired) electrons. The highest BCUT2D eigenvalue weighted by Gasteiger charge is 2.15. The molecule has 0 aliphatic heterocycles. The van der Waals surface area contributed by atoms with E-state index in [1.54, 1.807) is 11.8 Å². The highest BCUT2D eigenvalue weighted by molar-refractivity contribution is 7.98. The Balaban J connectivity index is 2.34. The Labute approximate surface area is 117 Å². The summed E-state index contributed by atoms with van der Waals surface area (Å²) in [6, 6.07) is 7.15. The Morgan fingerprint density at radius 2 is 2.11 bits per heavy atom. The Hall–Kier alpha value is -0.710. The van der Waals surface area contributed by atoms with E-state index >= 15 is 0 Å². The van der Waals surface area contributed by atoms with E-state index in [4.69, 9.17) is 16.7 Å². The summed E-state index contributed by atoms with van der Waals surface area (Å²) >= 11 is 7.41. The molecule has 0 bridgehead atoms. The fourth-order valence-corrected chi connectivity index (χ4v) is 2.58. The van der Waals surface area contributed by atoms with Gasteiger partial charge in [-0.25, -0.2) is 0 Å². The van der Waals surface area contributed by atoms with Gasteiger partial charge in [0.15, 0.2) is 0 Å². The Kier molecular flexibility index (Phi) is 7.16. The third-order valence-electron chi connectivity index (χ3n) is 2.41. The van der Waals surface area contributed by atoms with Crippen molar-refractivity contribution < 1.29 is 9.90 Å². The van der Waals surface area contributed by atoms with Crippen molar-refractivity contribution in [3.05, 3.63) is 34.9 Å². The third kappa shape index (κ3) is 5.76. The molecule has 0 amide bonds. The normalized spacial score (nSPS) is 12.3. The summed E-state index contributed by atoms with van der Waals surface area (Å²) in [4.78, 5) is 11.0. The van der Waals surface area contributed by atoms with Crippen LogP contribution in [-0.2, 0) is 10.5 Å². The number of carboxylic acids is 1. The first-order valence-corrected chi connectivity index (χ1v) is 7.45. The lowest BCUT2D eigenvalue weighted by molar-refractivity contribution is -0.138. The summed E-state index contributed by atoms with van der Waals surface area (Å²) in [5.41, 5.74) is 1.16. The molecule has 1 rings (SSSR count). The lowest BCUT2D eigenvalue weighted by atomic mass is 10.2. The molecule has 1 unspecified atom stereocenters. The lowest BCUT2D eigenvalue weighted by Crippen LogP contribution is -2.39. The molecule has 0 saturated heterocycles. The van der Waals surface area contributed by atoms with Crippen molar-refractivity contribution in [1.29, 1.82) is 0 Å². The molecular weight excluding hydrogens is 270 g/mol. The molecule has 1 aromatic carbocycles. The maximum atomic E-state index is 11.0. The molecule has 0 aliphatic carbocycles. The van der Waals surface area contributed by atoms with Gasteiger partial charge < -0.3 is 10.4 Å². The van der Waals surface area contributed by atoms with Crippen LogP contribution in [0.4, 0.5) is 0 Å². The number of halogens is 1. The molecule has 0 fully saturated rings. The van der Waals surface area contributed by atoms with E-state index in [1.165, 1.54) is 0 Å².